The topological polar surface area (TPSA) is 99.6 Å². The van der Waals surface area contributed by atoms with Crippen LogP contribution in [0.4, 0.5) is 0 Å². The average molecular weight is 497 g/mol. The number of aryl methyl sites for hydroxylation is 2. The molecule has 2 fully saturated rings. The lowest BCUT2D eigenvalue weighted by molar-refractivity contribution is -0.142. The van der Waals surface area contributed by atoms with Gasteiger partial charge >= 0.3 is 0 Å². The van der Waals surface area contributed by atoms with Crippen molar-refractivity contribution in [3.8, 4) is 0 Å². The smallest absolute Gasteiger partial charge is 0.254 e. The molecule has 3 atom stereocenters. The second-order valence-corrected chi connectivity index (χ2v) is 10.5. The van der Waals surface area contributed by atoms with Gasteiger partial charge in [-0.2, -0.15) is 5.10 Å². The molecule has 1 saturated heterocycles. The lowest BCUT2D eigenvalue weighted by Gasteiger charge is -2.43. The Labute approximate surface area is 213 Å². The summed E-state index contributed by atoms with van der Waals surface area (Å²) in [5.74, 6) is -0.0645. The van der Waals surface area contributed by atoms with Gasteiger partial charge in [0.05, 0.1) is 11.6 Å². The van der Waals surface area contributed by atoms with Crippen molar-refractivity contribution in [3.63, 3.8) is 0 Å². The largest absolute Gasteiger partial charge is 0.343 e. The van der Waals surface area contributed by atoms with Gasteiger partial charge in [0, 0.05) is 49.4 Å². The van der Waals surface area contributed by atoms with Crippen LogP contribution in [0, 0.1) is 12.8 Å². The van der Waals surface area contributed by atoms with Crippen LogP contribution in [0.1, 0.15) is 62.0 Å². The van der Waals surface area contributed by atoms with Crippen molar-refractivity contribution in [2.45, 2.75) is 71.0 Å². The Morgan fingerprint density at radius 1 is 1.11 bits per heavy atom. The highest BCUT2D eigenvalue weighted by Gasteiger charge is 2.38. The maximum absolute atomic E-state index is 13.8. The van der Waals surface area contributed by atoms with Crippen LogP contribution in [0.15, 0.2) is 18.2 Å². The third kappa shape index (κ3) is 5.26. The molecule has 2 aromatic rings. The zero-order chi connectivity index (χ0) is 26.0. The summed E-state index contributed by atoms with van der Waals surface area (Å²) in [5.41, 5.74) is 2.49. The molecule has 9 heteroatoms. The molecular weight excluding hydrogens is 456 g/mol. The van der Waals surface area contributed by atoms with Crippen molar-refractivity contribution >= 4 is 28.6 Å². The van der Waals surface area contributed by atoms with E-state index < -0.39 is 6.04 Å². The Morgan fingerprint density at radius 2 is 1.83 bits per heavy atom. The number of aromatic nitrogens is 2. The van der Waals surface area contributed by atoms with Crippen LogP contribution in [0.25, 0.3) is 10.9 Å². The van der Waals surface area contributed by atoms with Crippen molar-refractivity contribution < 1.29 is 14.4 Å². The molecule has 1 saturated carbocycles. The summed E-state index contributed by atoms with van der Waals surface area (Å²) in [6.45, 7) is 7.18. The van der Waals surface area contributed by atoms with E-state index in [0.29, 0.717) is 25.2 Å². The van der Waals surface area contributed by atoms with Crippen LogP contribution in [-0.4, -0.2) is 82.1 Å². The maximum atomic E-state index is 13.8. The number of piperazine rings is 1. The first-order valence-electron chi connectivity index (χ1n) is 13.2. The van der Waals surface area contributed by atoms with Crippen molar-refractivity contribution in [2.75, 3.05) is 26.7 Å². The Kier molecular flexibility index (Phi) is 7.97. The number of fused-ring (bicyclic) bond motifs is 1. The Balaban J connectivity index is 1.46. The number of hydrogen-bond donors (Lipinski definition) is 2. The molecule has 0 radical (unpaired) electrons. The number of amides is 3. The summed E-state index contributed by atoms with van der Waals surface area (Å²) in [4.78, 5) is 43.5. The average Bonchev–Trinajstić information content (AvgIpc) is 3.18. The minimum atomic E-state index is -0.520. The molecule has 1 unspecified atom stereocenters. The number of rotatable bonds is 6. The summed E-state index contributed by atoms with van der Waals surface area (Å²) >= 11 is 0. The molecular formula is C27H40N6O3. The van der Waals surface area contributed by atoms with E-state index in [1.165, 1.54) is 6.42 Å². The predicted molar refractivity (Wildman–Crippen MR) is 140 cm³/mol. The molecule has 0 bridgehead atoms. The zero-order valence-electron chi connectivity index (χ0n) is 22.2. The highest BCUT2D eigenvalue weighted by molar-refractivity contribution is 5.98. The number of benzene rings is 1. The highest BCUT2D eigenvalue weighted by atomic mass is 16.2. The maximum Gasteiger partial charge on any atom is 0.254 e. The fourth-order valence-electron chi connectivity index (χ4n) is 5.55. The molecule has 3 amide bonds. The second kappa shape index (κ2) is 11.0. The molecule has 1 aliphatic heterocycles. The lowest BCUT2D eigenvalue weighted by atomic mass is 9.83. The van der Waals surface area contributed by atoms with Gasteiger partial charge in [-0.05, 0) is 58.7 Å². The van der Waals surface area contributed by atoms with Crippen molar-refractivity contribution in [3.05, 3.63) is 29.5 Å². The molecule has 1 aromatic carbocycles. The molecule has 36 heavy (non-hydrogen) atoms. The molecule has 196 valence electrons. The first kappa shape index (κ1) is 26.1. The standard InChI is InChI=1S/C27H40N6O3/c1-17-16-32(26(35)21-11-12-22-19(3)31(5)30-23(22)15-21)13-14-33(17)27(36)24(20-9-7-6-8-10-20)29-25(34)18(2)28-4/h11-12,15,17-18,20,24,28H,6-10,13-14,16H2,1-5H3,(H,29,34)/t17-,18+,24?/m1/s1. The fraction of sp³-hybridized carbons (Fsp3) is 0.630. The summed E-state index contributed by atoms with van der Waals surface area (Å²) in [5, 5.41) is 11.6. The van der Waals surface area contributed by atoms with Crippen LogP contribution in [0.2, 0.25) is 0 Å². The van der Waals surface area contributed by atoms with E-state index >= 15 is 0 Å². The first-order chi connectivity index (χ1) is 17.2. The van der Waals surface area contributed by atoms with Gasteiger partial charge in [0.2, 0.25) is 11.8 Å². The van der Waals surface area contributed by atoms with E-state index in [0.717, 1.165) is 42.3 Å². The number of carbonyl (C=O) groups excluding carboxylic acids is 3. The van der Waals surface area contributed by atoms with E-state index in [1.54, 1.807) is 14.0 Å². The summed E-state index contributed by atoms with van der Waals surface area (Å²) < 4.78 is 1.82. The number of hydrogen-bond acceptors (Lipinski definition) is 5. The molecule has 1 aromatic heterocycles. The van der Waals surface area contributed by atoms with Gasteiger partial charge < -0.3 is 20.4 Å². The van der Waals surface area contributed by atoms with Crippen LogP contribution in [-0.2, 0) is 16.6 Å². The van der Waals surface area contributed by atoms with Crippen LogP contribution in [0.5, 0.6) is 0 Å². The summed E-state index contributed by atoms with van der Waals surface area (Å²) in [7, 11) is 3.64. The van der Waals surface area contributed by atoms with Gasteiger partial charge in [-0.1, -0.05) is 25.3 Å². The van der Waals surface area contributed by atoms with Crippen LogP contribution >= 0.6 is 0 Å². The van der Waals surface area contributed by atoms with E-state index in [-0.39, 0.29) is 35.7 Å². The first-order valence-corrected chi connectivity index (χ1v) is 13.2. The molecule has 4 rings (SSSR count). The normalized spacial score (nSPS) is 20.9. The van der Waals surface area contributed by atoms with E-state index in [1.807, 2.05) is 53.6 Å². The van der Waals surface area contributed by atoms with Crippen molar-refractivity contribution in [1.82, 2.24) is 30.2 Å². The number of nitrogens with zero attached hydrogens (tertiary/aromatic N) is 4. The molecule has 1 aliphatic carbocycles. The summed E-state index contributed by atoms with van der Waals surface area (Å²) in [6, 6.07) is 4.64. The molecule has 2 N–H and O–H groups in total. The van der Waals surface area contributed by atoms with Crippen molar-refractivity contribution in [2.24, 2.45) is 13.0 Å². The minimum absolute atomic E-state index is 0.0245. The van der Waals surface area contributed by atoms with Crippen LogP contribution in [0.3, 0.4) is 0 Å². The third-order valence-corrected chi connectivity index (χ3v) is 8.09. The number of nitrogens with one attached hydrogen (secondary N) is 2. The lowest BCUT2D eigenvalue weighted by Crippen LogP contribution is -2.62. The van der Waals surface area contributed by atoms with Gasteiger partial charge in [-0.25, -0.2) is 0 Å². The monoisotopic (exact) mass is 496 g/mol. The highest BCUT2D eigenvalue weighted by Crippen LogP contribution is 2.28. The van der Waals surface area contributed by atoms with Gasteiger partial charge in [0.15, 0.2) is 0 Å². The second-order valence-electron chi connectivity index (χ2n) is 10.5. The SMILES string of the molecule is CN[C@@H](C)C(=O)NC(C(=O)N1CCN(C(=O)c2ccc3c(C)n(C)nc3c2)C[C@H]1C)C1CCCCC1. The number of carbonyl (C=O) groups is 3. The quantitative estimate of drug-likeness (QED) is 0.639. The van der Waals surface area contributed by atoms with E-state index in [2.05, 4.69) is 15.7 Å². The Bertz CT molecular complexity index is 1120. The van der Waals surface area contributed by atoms with E-state index in [4.69, 9.17) is 0 Å². The van der Waals surface area contributed by atoms with Crippen LogP contribution < -0.4 is 10.6 Å². The van der Waals surface area contributed by atoms with Gasteiger partial charge in [-0.3, -0.25) is 19.1 Å². The van der Waals surface area contributed by atoms with Gasteiger partial charge in [0.25, 0.3) is 5.91 Å². The summed E-state index contributed by atoms with van der Waals surface area (Å²) in [6.07, 6.45) is 5.26. The molecule has 9 nitrogen and oxygen atoms in total. The van der Waals surface area contributed by atoms with Gasteiger partial charge in [-0.15, -0.1) is 0 Å². The molecule has 2 aliphatic rings. The number of likely N-dealkylation sites (N-methyl/N-ethyl adjacent to an activating group) is 1. The Morgan fingerprint density at radius 3 is 2.50 bits per heavy atom. The van der Waals surface area contributed by atoms with E-state index in [9.17, 15) is 14.4 Å². The molecule has 0 spiro atoms. The third-order valence-electron chi connectivity index (χ3n) is 8.09. The zero-order valence-corrected chi connectivity index (χ0v) is 22.2. The van der Waals surface area contributed by atoms with Gasteiger partial charge in [0.1, 0.15) is 6.04 Å². The minimum Gasteiger partial charge on any atom is -0.343 e. The molecule has 2 heterocycles. The predicted octanol–water partition coefficient (Wildman–Crippen LogP) is 2.23. The Hall–Kier alpha value is -2.94. The van der Waals surface area contributed by atoms with Crippen molar-refractivity contribution in [1.29, 1.82) is 0 Å². The fourth-order valence-corrected chi connectivity index (χ4v) is 5.55.